The van der Waals surface area contributed by atoms with Crippen molar-refractivity contribution in [3.05, 3.63) is 100 Å². The number of ether oxygens (including phenoxy) is 1. The fraction of sp³-hybridized carbons (Fsp3) is 0.250. The van der Waals surface area contributed by atoms with Crippen molar-refractivity contribution in [1.29, 1.82) is 0 Å². The Morgan fingerprint density at radius 2 is 1.71 bits per heavy atom. The zero-order valence-electron chi connectivity index (χ0n) is 23.9. The number of carbonyl (C=O) groups excluding carboxylic acids is 3. The average molecular weight is 569 g/mol. The number of carbonyl (C=O) groups is 4. The quantitative estimate of drug-likeness (QED) is 0.443. The molecule has 2 aromatic rings. The fourth-order valence-electron chi connectivity index (χ4n) is 5.13. The summed E-state index contributed by atoms with van der Waals surface area (Å²) in [5.41, 5.74) is 4.35. The van der Waals surface area contributed by atoms with Crippen LogP contribution in [0.1, 0.15) is 27.0 Å². The molecule has 0 aromatic heterocycles. The number of imide groups is 1. The van der Waals surface area contributed by atoms with Gasteiger partial charge in [0.15, 0.2) is 0 Å². The van der Waals surface area contributed by atoms with E-state index in [4.69, 9.17) is 4.74 Å². The predicted molar refractivity (Wildman–Crippen MR) is 158 cm³/mol. The van der Waals surface area contributed by atoms with Crippen LogP contribution in [-0.4, -0.2) is 85.9 Å². The minimum atomic E-state index is -1.09. The number of nitrogens with zero attached hydrogens (tertiary/aromatic N) is 3. The Kier molecular flexibility index (Phi) is 7.82. The minimum Gasteiger partial charge on any atom is -0.478 e. The van der Waals surface area contributed by atoms with Crippen molar-refractivity contribution >= 4 is 35.0 Å². The van der Waals surface area contributed by atoms with Gasteiger partial charge in [-0.15, -0.1) is 0 Å². The van der Waals surface area contributed by atoms with Crippen LogP contribution in [0.4, 0.5) is 5.69 Å². The number of aromatic carboxylic acids is 1. The van der Waals surface area contributed by atoms with Crippen molar-refractivity contribution in [2.75, 3.05) is 46.2 Å². The van der Waals surface area contributed by atoms with Crippen LogP contribution in [0.5, 0.6) is 5.75 Å². The molecule has 0 radical (unpaired) electrons. The number of carboxylic acid groups (broad SMARTS) is 1. The first-order valence-corrected chi connectivity index (χ1v) is 13.5. The van der Waals surface area contributed by atoms with Crippen molar-refractivity contribution in [2.45, 2.75) is 12.5 Å². The van der Waals surface area contributed by atoms with E-state index in [2.05, 4.69) is 5.32 Å². The predicted octanol–water partition coefficient (Wildman–Crippen LogP) is 2.61. The number of hydrogen-bond acceptors (Lipinski definition) is 7. The second kappa shape index (κ2) is 11.5. The van der Waals surface area contributed by atoms with Crippen LogP contribution in [-0.2, 0) is 20.8 Å². The van der Waals surface area contributed by atoms with Gasteiger partial charge in [-0.05, 0) is 55.6 Å². The molecule has 0 saturated carbocycles. The highest BCUT2D eigenvalue weighted by atomic mass is 16.5. The van der Waals surface area contributed by atoms with Crippen LogP contribution in [0, 0.1) is 0 Å². The molecule has 0 fully saturated rings. The van der Waals surface area contributed by atoms with E-state index in [1.54, 1.807) is 12.1 Å². The van der Waals surface area contributed by atoms with Gasteiger partial charge in [0.2, 0.25) is 5.91 Å². The summed E-state index contributed by atoms with van der Waals surface area (Å²) in [6.07, 6.45) is 8.38. The molecule has 0 spiro atoms. The lowest BCUT2D eigenvalue weighted by Gasteiger charge is -2.31. The summed E-state index contributed by atoms with van der Waals surface area (Å²) in [5.74, 6) is -0.974. The smallest absolute Gasteiger partial charge is 0.336 e. The molecule has 10 nitrogen and oxygen atoms in total. The van der Waals surface area contributed by atoms with E-state index < -0.39 is 17.8 Å². The molecule has 2 heterocycles. The third-order valence-electron chi connectivity index (χ3n) is 7.39. The molecular formula is C32H32N4O6. The first-order chi connectivity index (χ1) is 20.0. The average Bonchev–Trinajstić information content (AvgIpc) is 3.27. The van der Waals surface area contributed by atoms with Gasteiger partial charge in [-0.2, -0.15) is 0 Å². The van der Waals surface area contributed by atoms with Crippen molar-refractivity contribution in [2.24, 2.45) is 0 Å². The Morgan fingerprint density at radius 1 is 0.976 bits per heavy atom. The molecule has 216 valence electrons. The SMILES string of the molecule is CN(C)c1ccc2c(c1)OC1=CC(N(C)C)C=CC1=C2c1cc(CC(=O)NCCN2C(=O)C=CC2=O)ccc1C(=O)O. The molecule has 10 heteroatoms. The number of anilines is 1. The summed E-state index contributed by atoms with van der Waals surface area (Å²) in [4.78, 5) is 53.8. The molecule has 2 aliphatic heterocycles. The summed E-state index contributed by atoms with van der Waals surface area (Å²) in [6.45, 7) is 0.176. The molecule has 3 aliphatic rings. The van der Waals surface area contributed by atoms with Gasteiger partial charge in [0.1, 0.15) is 11.5 Å². The number of fused-ring (bicyclic) bond motifs is 2. The van der Waals surface area contributed by atoms with E-state index in [9.17, 15) is 24.3 Å². The maximum atomic E-state index is 12.8. The van der Waals surface area contributed by atoms with Gasteiger partial charge in [-0.1, -0.05) is 18.2 Å². The van der Waals surface area contributed by atoms with Crippen LogP contribution in [0.2, 0.25) is 0 Å². The highest BCUT2D eigenvalue weighted by Crippen LogP contribution is 2.45. The van der Waals surface area contributed by atoms with Crippen LogP contribution >= 0.6 is 0 Å². The molecule has 0 saturated heterocycles. The first kappa shape index (κ1) is 28.6. The van der Waals surface area contributed by atoms with E-state index in [1.807, 2.05) is 74.4 Å². The summed E-state index contributed by atoms with van der Waals surface area (Å²) in [5, 5.41) is 12.9. The molecule has 1 atom stereocenters. The zero-order chi connectivity index (χ0) is 30.1. The Balaban J connectivity index is 1.50. The number of benzene rings is 2. The lowest BCUT2D eigenvalue weighted by molar-refractivity contribution is -0.137. The minimum absolute atomic E-state index is 0.000478. The fourth-order valence-corrected chi connectivity index (χ4v) is 5.13. The van der Waals surface area contributed by atoms with E-state index in [0.717, 1.165) is 21.7 Å². The number of amides is 3. The van der Waals surface area contributed by atoms with Crippen LogP contribution in [0.3, 0.4) is 0 Å². The summed E-state index contributed by atoms with van der Waals surface area (Å²) >= 11 is 0. The largest absolute Gasteiger partial charge is 0.478 e. The normalized spacial score (nSPS) is 17.2. The topological polar surface area (TPSA) is 119 Å². The molecular weight excluding hydrogens is 536 g/mol. The van der Waals surface area contributed by atoms with Crippen LogP contribution in [0.15, 0.2) is 78.1 Å². The third-order valence-corrected chi connectivity index (χ3v) is 7.39. The maximum Gasteiger partial charge on any atom is 0.336 e. The van der Waals surface area contributed by atoms with Crippen molar-refractivity contribution in [3.63, 3.8) is 0 Å². The van der Waals surface area contributed by atoms with Gasteiger partial charge >= 0.3 is 5.97 Å². The van der Waals surface area contributed by atoms with Gasteiger partial charge < -0.3 is 20.1 Å². The highest BCUT2D eigenvalue weighted by molar-refractivity contribution is 6.12. The number of allylic oxidation sites excluding steroid dienone is 1. The van der Waals surface area contributed by atoms with E-state index in [0.29, 0.717) is 28.2 Å². The number of carboxylic acids is 1. The molecule has 0 bridgehead atoms. The molecule has 3 amide bonds. The lowest BCUT2D eigenvalue weighted by atomic mass is 9.84. The van der Waals surface area contributed by atoms with Crippen LogP contribution < -0.4 is 15.0 Å². The maximum absolute atomic E-state index is 12.8. The van der Waals surface area contributed by atoms with E-state index in [1.165, 1.54) is 18.2 Å². The van der Waals surface area contributed by atoms with Gasteiger partial charge in [0.05, 0.1) is 12.0 Å². The van der Waals surface area contributed by atoms with Gasteiger partial charge in [0.25, 0.3) is 11.8 Å². The Morgan fingerprint density at radius 3 is 2.38 bits per heavy atom. The zero-order valence-corrected chi connectivity index (χ0v) is 23.9. The molecule has 1 aliphatic carbocycles. The van der Waals surface area contributed by atoms with E-state index >= 15 is 0 Å². The summed E-state index contributed by atoms with van der Waals surface area (Å²) in [7, 11) is 7.81. The molecule has 1 unspecified atom stereocenters. The standard InChI is InChI=1S/C32H32N4O6/c1-34(2)20-6-9-23-26(17-20)42-27-18-21(35(3)4)7-10-24(27)31(23)25-15-19(5-8-22(25)32(40)41)16-28(37)33-13-14-36-29(38)11-12-30(36)39/h5-12,15,17-18,20H,13-14,16H2,1-4H3,(H,33,37)(H,40,41). The lowest BCUT2D eigenvalue weighted by Crippen LogP contribution is -2.38. The van der Waals surface area contributed by atoms with Gasteiger partial charge in [-0.25, -0.2) is 4.79 Å². The molecule has 2 N–H and O–H groups in total. The second-order valence-corrected chi connectivity index (χ2v) is 10.7. The highest BCUT2D eigenvalue weighted by Gasteiger charge is 2.30. The van der Waals surface area contributed by atoms with Crippen molar-refractivity contribution < 1.29 is 29.0 Å². The number of likely N-dealkylation sites (N-methyl/N-ethyl adjacent to an activating group) is 1. The number of nitrogens with one attached hydrogen (secondary N) is 1. The Labute approximate surface area is 243 Å². The Hall–Kier alpha value is -4.96. The molecule has 42 heavy (non-hydrogen) atoms. The van der Waals surface area contributed by atoms with Gasteiger partial charge in [0, 0.05) is 73.8 Å². The number of hydrogen-bond donors (Lipinski definition) is 2. The first-order valence-electron chi connectivity index (χ1n) is 13.5. The van der Waals surface area contributed by atoms with Crippen molar-refractivity contribution in [1.82, 2.24) is 15.1 Å². The monoisotopic (exact) mass is 568 g/mol. The molecule has 5 rings (SSSR count). The van der Waals surface area contributed by atoms with Gasteiger partial charge in [-0.3, -0.25) is 24.2 Å². The Bertz CT molecular complexity index is 1600. The summed E-state index contributed by atoms with van der Waals surface area (Å²) in [6, 6.07) is 10.7. The number of rotatable bonds is 9. The second-order valence-electron chi connectivity index (χ2n) is 10.7. The third kappa shape index (κ3) is 5.61. The van der Waals surface area contributed by atoms with Crippen LogP contribution in [0.25, 0.3) is 5.57 Å². The van der Waals surface area contributed by atoms with Crippen molar-refractivity contribution in [3.8, 4) is 5.75 Å². The van der Waals surface area contributed by atoms with E-state index in [-0.39, 0.29) is 37.0 Å². The summed E-state index contributed by atoms with van der Waals surface area (Å²) < 4.78 is 6.39. The molecule has 2 aromatic carbocycles.